The van der Waals surface area contributed by atoms with E-state index in [0.29, 0.717) is 36.6 Å². The highest BCUT2D eigenvalue weighted by Crippen LogP contribution is 2.65. The lowest BCUT2D eigenvalue weighted by molar-refractivity contribution is -0.142. The Morgan fingerprint density at radius 1 is 1.08 bits per heavy atom. The molecule has 4 aliphatic rings. The maximum Gasteiger partial charge on any atom is 0.303 e. The zero-order valence-corrected chi connectivity index (χ0v) is 15.0. The highest BCUT2D eigenvalue weighted by atomic mass is 16.4. The molecule has 2 N–H and O–H groups in total. The predicted molar refractivity (Wildman–Crippen MR) is 91.3 cm³/mol. The van der Waals surface area contributed by atoms with Gasteiger partial charge in [0.2, 0.25) is 5.91 Å². The van der Waals surface area contributed by atoms with Crippen molar-refractivity contribution >= 4 is 11.9 Å². The van der Waals surface area contributed by atoms with E-state index in [4.69, 9.17) is 0 Å². The van der Waals surface area contributed by atoms with Crippen molar-refractivity contribution in [3.8, 4) is 0 Å². The second-order valence-electron chi connectivity index (χ2n) is 9.50. The van der Waals surface area contributed by atoms with Gasteiger partial charge in [0.15, 0.2) is 0 Å². The second-order valence-corrected chi connectivity index (χ2v) is 9.50. The van der Waals surface area contributed by atoms with Crippen LogP contribution in [0.25, 0.3) is 0 Å². The summed E-state index contributed by atoms with van der Waals surface area (Å²) >= 11 is 0. The van der Waals surface area contributed by atoms with Gasteiger partial charge in [-0.25, -0.2) is 0 Å². The van der Waals surface area contributed by atoms with Gasteiger partial charge in [0, 0.05) is 18.9 Å². The molecule has 4 nitrogen and oxygen atoms in total. The summed E-state index contributed by atoms with van der Waals surface area (Å²) in [7, 11) is 0. The lowest BCUT2D eigenvalue weighted by Crippen LogP contribution is -2.61. The Labute approximate surface area is 144 Å². The number of carboxylic acids is 1. The molecule has 7 atom stereocenters. The van der Waals surface area contributed by atoms with Crippen molar-refractivity contribution in [3.05, 3.63) is 0 Å². The number of fused-ring (bicyclic) bond motifs is 5. The predicted octanol–water partition coefficient (Wildman–Crippen LogP) is 3.60. The fraction of sp³-hybridized carbons (Fsp3) is 0.900. The molecule has 0 radical (unpaired) electrons. The van der Waals surface area contributed by atoms with Gasteiger partial charge in [0.05, 0.1) is 0 Å². The summed E-state index contributed by atoms with van der Waals surface area (Å²) in [5.41, 5.74) is 0.476. The van der Waals surface area contributed by atoms with Crippen LogP contribution in [-0.2, 0) is 9.59 Å². The Balaban J connectivity index is 1.58. The maximum absolute atomic E-state index is 11.8. The molecule has 24 heavy (non-hydrogen) atoms. The molecule has 0 spiro atoms. The topological polar surface area (TPSA) is 66.4 Å². The van der Waals surface area contributed by atoms with Crippen LogP contribution in [0.3, 0.4) is 0 Å². The van der Waals surface area contributed by atoms with Gasteiger partial charge in [0.25, 0.3) is 0 Å². The lowest BCUT2D eigenvalue weighted by Gasteiger charge is -2.60. The number of nitrogens with one attached hydrogen (secondary N) is 1. The van der Waals surface area contributed by atoms with Gasteiger partial charge in [-0.3, -0.25) is 9.59 Å². The first kappa shape index (κ1) is 16.4. The molecule has 0 aromatic carbocycles. The highest BCUT2D eigenvalue weighted by Gasteiger charge is 2.60. The van der Waals surface area contributed by atoms with Crippen LogP contribution < -0.4 is 5.32 Å². The van der Waals surface area contributed by atoms with Gasteiger partial charge in [-0.05, 0) is 79.4 Å². The molecule has 1 amide bonds. The van der Waals surface area contributed by atoms with E-state index in [2.05, 4.69) is 19.2 Å². The third kappa shape index (κ3) is 2.24. The number of carbonyl (C=O) groups is 2. The fourth-order valence-corrected chi connectivity index (χ4v) is 7.36. The number of hydrogen-bond acceptors (Lipinski definition) is 2. The number of amides is 1. The van der Waals surface area contributed by atoms with Crippen LogP contribution in [0.4, 0.5) is 0 Å². The Bertz CT molecular complexity index is 561. The summed E-state index contributed by atoms with van der Waals surface area (Å²) in [4.78, 5) is 23.1. The summed E-state index contributed by atoms with van der Waals surface area (Å²) < 4.78 is 0. The summed E-state index contributed by atoms with van der Waals surface area (Å²) in [6, 6.07) is 0.362. The van der Waals surface area contributed by atoms with Crippen molar-refractivity contribution < 1.29 is 14.7 Å². The van der Waals surface area contributed by atoms with Crippen LogP contribution >= 0.6 is 0 Å². The van der Waals surface area contributed by atoms with Gasteiger partial charge in [-0.2, -0.15) is 0 Å². The van der Waals surface area contributed by atoms with Crippen molar-refractivity contribution in [2.45, 2.75) is 77.7 Å². The van der Waals surface area contributed by atoms with Gasteiger partial charge in [-0.15, -0.1) is 0 Å². The lowest BCUT2D eigenvalue weighted by atomic mass is 9.47. The molecule has 1 heterocycles. The number of piperidine rings is 1. The van der Waals surface area contributed by atoms with E-state index < -0.39 is 5.97 Å². The van der Waals surface area contributed by atoms with Gasteiger partial charge in [-0.1, -0.05) is 13.8 Å². The minimum absolute atomic E-state index is 0.223. The van der Waals surface area contributed by atoms with Crippen LogP contribution in [0.2, 0.25) is 0 Å². The number of carbonyl (C=O) groups excluding carboxylic acids is 1. The Morgan fingerprint density at radius 2 is 1.83 bits per heavy atom. The third-order valence-electron chi connectivity index (χ3n) is 8.71. The quantitative estimate of drug-likeness (QED) is 0.811. The zero-order valence-electron chi connectivity index (χ0n) is 15.0. The summed E-state index contributed by atoms with van der Waals surface area (Å²) in [6.45, 7) is 4.80. The number of aliphatic carboxylic acids is 1. The van der Waals surface area contributed by atoms with E-state index in [0.717, 1.165) is 25.2 Å². The molecule has 3 aliphatic carbocycles. The molecule has 0 aromatic rings. The smallest absolute Gasteiger partial charge is 0.303 e. The van der Waals surface area contributed by atoms with E-state index >= 15 is 0 Å². The van der Waals surface area contributed by atoms with Crippen LogP contribution in [0.5, 0.6) is 0 Å². The number of hydrogen-bond donors (Lipinski definition) is 2. The molecule has 134 valence electrons. The van der Waals surface area contributed by atoms with Gasteiger partial charge in [0.1, 0.15) is 0 Å². The Morgan fingerprint density at radius 3 is 2.58 bits per heavy atom. The molecule has 1 saturated heterocycles. The molecule has 4 heteroatoms. The molecule has 0 aromatic heterocycles. The van der Waals surface area contributed by atoms with Crippen LogP contribution in [0.15, 0.2) is 0 Å². The van der Waals surface area contributed by atoms with Gasteiger partial charge >= 0.3 is 5.97 Å². The minimum atomic E-state index is -0.630. The summed E-state index contributed by atoms with van der Waals surface area (Å²) in [6.07, 6.45) is 9.08. The minimum Gasteiger partial charge on any atom is -0.481 e. The van der Waals surface area contributed by atoms with E-state index in [-0.39, 0.29) is 16.7 Å². The Hall–Kier alpha value is -1.06. The highest BCUT2D eigenvalue weighted by molar-refractivity contribution is 5.77. The van der Waals surface area contributed by atoms with Crippen molar-refractivity contribution in [1.29, 1.82) is 0 Å². The van der Waals surface area contributed by atoms with Crippen molar-refractivity contribution in [2.24, 2.45) is 34.5 Å². The average Bonchev–Trinajstić information content (AvgIpc) is 2.84. The largest absolute Gasteiger partial charge is 0.481 e. The molecular formula is C20H31NO3. The molecule has 1 unspecified atom stereocenters. The number of carboxylic acid groups (broad SMARTS) is 1. The summed E-state index contributed by atoms with van der Waals surface area (Å²) in [5.74, 6) is 2.10. The summed E-state index contributed by atoms with van der Waals surface area (Å²) in [5, 5.41) is 12.6. The first-order valence-electron chi connectivity index (χ1n) is 9.86. The van der Waals surface area contributed by atoms with Crippen molar-refractivity contribution in [1.82, 2.24) is 5.32 Å². The van der Waals surface area contributed by atoms with E-state index in [1.54, 1.807) is 0 Å². The van der Waals surface area contributed by atoms with Crippen LogP contribution in [-0.4, -0.2) is 23.0 Å². The van der Waals surface area contributed by atoms with Crippen LogP contribution in [0, 0.1) is 34.5 Å². The maximum atomic E-state index is 11.8. The average molecular weight is 333 g/mol. The van der Waals surface area contributed by atoms with E-state index in [1.807, 2.05) is 0 Å². The van der Waals surface area contributed by atoms with Crippen molar-refractivity contribution in [2.75, 3.05) is 0 Å². The normalized spacial score (nSPS) is 50.4. The second kappa shape index (κ2) is 5.47. The first-order chi connectivity index (χ1) is 11.3. The molecule has 3 saturated carbocycles. The zero-order chi connectivity index (χ0) is 17.1. The molecule has 0 bridgehead atoms. The van der Waals surface area contributed by atoms with Crippen molar-refractivity contribution in [3.63, 3.8) is 0 Å². The fourth-order valence-electron chi connectivity index (χ4n) is 7.36. The van der Waals surface area contributed by atoms with E-state index in [9.17, 15) is 14.7 Å². The first-order valence-corrected chi connectivity index (χ1v) is 9.86. The van der Waals surface area contributed by atoms with Gasteiger partial charge < -0.3 is 10.4 Å². The van der Waals surface area contributed by atoms with Crippen LogP contribution in [0.1, 0.15) is 71.6 Å². The Kier molecular flexibility index (Phi) is 3.74. The molecular weight excluding hydrogens is 302 g/mol. The molecule has 1 aliphatic heterocycles. The third-order valence-corrected chi connectivity index (χ3v) is 8.71. The number of rotatable bonds is 2. The SMILES string of the molecule is C[C@]12CC[C@H]3[C@@H](CCC4NC(=O)CC[C@@]43C)[C@@H]1CC[C@@H]2CC(=O)O. The standard InChI is InChI=1S/C20H31NO3/c1-19-9-7-15-13(14(19)5-3-12(19)11-18(23)24)4-6-16-20(15,2)10-8-17(22)21-16/h12-16H,3-11H2,1-2H3,(H,21,22)(H,23,24)/t12-,13+,14+,15+,16?,19-,20-/m1/s1. The molecule has 4 fully saturated rings. The molecule has 4 rings (SSSR count). The monoisotopic (exact) mass is 333 g/mol. The van der Waals surface area contributed by atoms with E-state index in [1.165, 1.54) is 25.7 Å².